The molecule has 0 saturated heterocycles. The van der Waals surface area contributed by atoms with E-state index < -0.39 is 0 Å². The number of rotatable bonds is 6. The first-order chi connectivity index (χ1) is 12.7. The van der Waals surface area contributed by atoms with E-state index in [0.29, 0.717) is 23.2 Å². The molecule has 1 heterocycles. The lowest BCUT2D eigenvalue weighted by molar-refractivity contribution is 0.102. The van der Waals surface area contributed by atoms with Gasteiger partial charge in [-0.2, -0.15) is 15.0 Å². The minimum absolute atomic E-state index is 0.135. The maximum Gasteiger partial charge on any atom is 0.258 e. The summed E-state index contributed by atoms with van der Waals surface area (Å²) in [5.74, 6) is 1.03. The minimum Gasteiger partial charge on any atom is -0.497 e. The lowest BCUT2D eigenvalue weighted by atomic mass is 10.2. The van der Waals surface area contributed by atoms with Crippen LogP contribution in [0.5, 0.6) is 5.75 Å². The summed E-state index contributed by atoms with van der Waals surface area (Å²) < 4.78 is 5.14. The van der Waals surface area contributed by atoms with Crippen molar-refractivity contribution in [2.24, 2.45) is 0 Å². The van der Waals surface area contributed by atoms with Crippen LogP contribution < -0.4 is 20.7 Å². The Morgan fingerprint density at radius 1 is 0.923 bits per heavy atom. The fourth-order valence-corrected chi connectivity index (χ4v) is 2.19. The van der Waals surface area contributed by atoms with Crippen LogP contribution in [0.25, 0.3) is 0 Å². The topological polar surface area (TPSA) is 101 Å². The van der Waals surface area contributed by atoms with Crippen molar-refractivity contribution in [3.63, 3.8) is 0 Å². The SMILES string of the molecule is CNc1nc(NC(=O)c2cccc(OC)c2)nc(Nc2ccccc2)n1. The molecule has 0 aliphatic rings. The van der Waals surface area contributed by atoms with Crippen LogP contribution in [0, 0.1) is 0 Å². The lowest BCUT2D eigenvalue weighted by Gasteiger charge is -2.10. The zero-order valence-electron chi connectivity index (χ0n) is 14.4. The maximum absolute atomic E-state index is 12.4. The second-order valence-electron chi connectivity index (χ2n) is 5.23. The molecule has 26 heavy (non-hydrogen) atoms. The van der Waals surface area contributed by atoms with Crippen molar-refractivity contribution in [3.05, 3.63) is 60.2 Å². The van der Waals surface area contributed by atoms with E-state index in [9.17, 15) is 4.79 Å². The molecule has 3 N–H and O–H groups in total. The van der Waals surface area contributed by atoms with E-state index in [0.717, 1.165) is 5.69 Å². The fraction of sp³-hybridized carbons (Fsp3) is 0.111. The molecule has 0 fully saturated rings. The van der Waals surface area contributed by atoms with Gasteiger partial charge < -0.3 is 15.4 Å². The Kier molecular flexibility index (Phi) is 5.23. The molecule has 8 nitrogen and oxygen atoms in total. The minimum atomic E-state index is -0.345. The van der Waals surface area contributed by atoms with Gasteiger partial charge in [0.1, 0.15) is 5.75 Å². The normalized spacial score (nSPS) is 10.1. The average Bonchev–Trinajstić information content (AvgIpc) is 2.68. The number of amides is 1. The Balaban J connectivity index is 1.82. The molecule has 0 aliphatic carbocycles. The molecule has 0 saturated carbocycles. The number of para-hydroxylation sites is 1. The van der Waals surface area contributed by atoms with Gasteiger partial charge in [0.05, 0.1) is 7.11 Å². The Morgan fingerprint density at radius 2 is 1.65 bits per heavy atom. The number of nitrogens with one attached hydrogen (secondary N) is 3. The number of anilines is 4. The fourth-order valence-electron chi connectivity index (χ4n) is 2.19. The third kappa shape index (κ3) is 4.23. The molecule has 0 bridgehead atoms. The number of benzene rings is 2. The van der Waals surface area contributed by atoms with Crippen LogP contribution in [0.15, 0.2) is 54.6 Å². The maximum atomic E-state index is 12.4. The van der Waals surface area contributed by atoms with Crippen LogP contribution >= 0.6 is 0 Å². The van der Waals surface area contributed by atoms with Gasteiger partial charge in [-0.3, -0.25) is 10.1 Å². The first kappa shape index (κ1) is 17.2. The Morgan fingerprint density at radius 3 is 2.38 bits per heavy atom. The van der Waals surface area contributed by atoms with E-state index in [2.05, 4.69) is 30.9 Å². The van der Waals surface area contributed by atoms with Gasteiger partial charge in [-0.25, -0.2) is 0 Å². The van der Waals surface area contributed by atoms with Gasteiger partial charge >= 0.3 is 0 Å². The van der Waals surface area contributed by atoms with Crippen molar-refractivity contribution >= 4 is 29.4 Å². The summed E-state index contributed by atoms with van der Waals surface area (Å²) >= 11 is 0. The summed E-state index contributed by atoms with van der Waals surface area (Å²) in [6.45, 7) is 0. The number of ether oxygens (including phenoxy) is 1. The molecule has 132 valence electrons. The summed E-state index contributed by atoms with van der Waals surface area (Å²) in [5, 5.41) is 8.60. The van der Waals surface area contributed by atoms with Crippen LogP contribution in [0.1, 0.15) is 10.4 Å². The van der Waals surface area contributed by atoms with E-state index >= 15 is 0 Å². The highest BCUT2D eigenvalue weighted by Gasteiger charge is 2.12. The first-order valence-electron chi connectivity index (χ1n) is 7.89. The van der Waals surface area contributed by atoms with Gasteiger partial charge in [0.2, 0.25) is 17.8 Å². The van der Waals surface area contributed by atoms with E-state index in [-0.39, 0.29) is 11.9 Å². The summed E-state index contributed by atoms with van der Waals surface area (Å²) in [6.07, 6.45) is 0. The largest absolute Gasteiger partial charge is 0.497 e. The molecule has 0 radical (unpaired) electrons. The number of hydrogen-bond donors (Lipinski definition) is 3. The summed E-state index contributed by atoms with van der Waals surface area (Å²) in [6, 6.07) is 16.3. The molecule has 0 aliphatic heterocycles. The lowest BCUT2D eigenvalue weighted by Crippen LogP contribution is -2.16. The summed E-state index contributed by atoms with van der Waals surface area (Å²) in [4.78, 5) is 25.1. The van der Waals surface area contributed by atoms with Crippen molar-refractivity contribution in [1.29, 1.82) is 0 Å². The third-order valence-electron chi connectivity index (χ3n) is 3.45. The molecular weight excluding hydrogens is 332 g/mol. The van der Waals surface area contributed by atoms with Crippen molar-refractivity contribution in [2.75, 3.05) is 30.1 Å². The monoisotopic (exact) mass is 350 g/mol. The van der Waals surface area contributed by atoms with E-state index in [1.807, 2.05) is 30.3 Å². The Labute approximate surface area is 150 Å². The van der Waals surface area contributed by atoms with Gasteiger partial charge in [0, 0.05) is 18.3 Å². The molecule has 0 unspecified atom stereocenters. The number of hydrogen-bond acceptors (Lipinski definition) is 7. The third-order valence-corrected chi connectivity index (χ3v) is 3.45. The first-order valence-corrected chi connectivity index (χ1v) is 7.89. The highest BCUT2D eigenvalue weighted by molar-refractivity contribution is 6.03. The van der Waals surface area contributed by atoms with Gasteiger partial charge in [0.15, 0.2) is 0 Å². The zero-order valence-corrected chi connectivity index (χ0v) is 14.4. The standard InChI is InChI=1S/C18H18N6O2/c1-19-16-22-17(20-13-8-4-3-5-9-13)24-18(23-16)21-15(25)12-7-6-10-14(11-12)26-2/h3-11H,1-2H3,(H3,19,20,21,22,23,24,25). The van der Waals surface area contributed by atoms with Crippen LogP contribution in [-0.4, -0.2) is 35.0 Å². The average molecular weight is 350 g/mol. The van der Waals surface area contributed by atoms with E-state index in [1.54, 1.807) is 38.4 Å². The molecule has 1 amide bonds. The van der Waals surface area contributed by atoms with Gasteiger partial charge in [-0.05, 0) is 30.3 Å². The smallest absolute Gasteiger partial charge is 0.258 e. The number of aromatic nitrogens is 3. The quantitative estimate of drug-likeness (QED) is 0.628. The van der Waals surface area contributed by atoms with E-state index in [4.69, 9.17) is 4.74 Å². The Bertz CT molecular complexity index is 901. The van der Waals surface area contributed by atoms with Crippen LogP contribution in [0.2, 0.25) is 0 Å². The number of nitrogens with zero attached hydrogens (tertiary/aromatic N) is 3. The molecular formula is C18H18N6O2. The molecule has 3 aromatic rings. The highest BCUT2D eigenvalue weighted by Crippen LogP contribution is 2.17. The molecule has 8 heteroatoms. The van der Waals surface area contributed by atoms with Gasteiger partial charge in [-0.1, -0.05) is 24.3 Å². The molecule has 3 rings (SSSR count). The summed E-state index contributed by atoms with van der Waals surface area (Å²) in [7, 11) is 3.24. The number of methoxy groups -OCH3 is 1. The predicted octanol–water partition coefficient (Wildman–Crippen LogP) is 2.92. The van der Waals surface area contributed by atoms with Crippen LogP contribution in [-0.2, 0) is 0 Å². The van der Waals surface area contributed by atoms with Crippen molar-refractivity contribution in [3.8, 4) is 5.75 Å². The number of carbonyl (C=O) groups excluding carboxylic acids is 1. The van der Waals surface area contributed by atoms with Crippen LogP contribution in [0.3, 0.4) is 0 Å². The second-order valence-corrected chi connectivity index (χ2v) is 5.23. The zero-order chi connectivity index (χ0) is 18.4. The van der Waals surface area contributed by atoms with Gasteiger partial charge in [-0.15, -0.1) is 0 Å². The Hall–Kier alpha value is -3.68. The molecule has 2 aromatic carbocycles. The van der Waals surface area contributed by atoms with E-state index in [1.165, 1.54) is 0 Å². The van der Waals surface area contributed by atoms with Crippen LogP contribution in [0.4, 0.5) is 23.5 Å². The highest BCUT2D eigenvalue weighted by atomic mass is 16.5. The number of carbonyl (C=O) groups is 1. The molecule has 0 spiro atoms. The van der Waals surface area contributed by atoms with Crippen molar-refractivity contribution < 1.29 is 9.53 Å². The summed E-state index contributed by atoms with van der Waals surface area (Å²) in [5.41, 5.74) is 1.26. The second kappa shape index (κ2) is 7.93. The molecule has 1 aromatic heterocycles. The molecule has 0 atom stereocenters. The predicted molar refractivity (Wildman–Crippen MR) is 100 cm³/mol. The van der Waals surface area contributed by atoms with Crippen molar-refractivity contribution in [1.82, 2.24) is 15.0 Å². The van der Waals surface area contributed by atoms with Crippen molar-refractivity contribution in [2.45, 2.75) is 0 Å². The van der Waals surface area contributed by atoms with Gasteiger partial charge in [0.25, 0.3) is 5.91 Å².